The second-order valence-corrected chi connectivity index (χ2v) is 8.72. The molecule has 9 heteroatoms. The zero-order chi connectivity index (χ0) is 24.8. The molecule has 0 atom stereocenters. The van der Waals surface area contributed by atoms with Crippen molar-refractivity contribution in [2.45, 2.75) is 17.6 Å². The summed E-state index contributed by atoms with van der Waals surface area (Å²) < 4.78 is 41.6. The molecule has 4 aromatic rings. The number of benzene rings is 3. The van der Waals surface area contributed by atoms with Crippen molar-refractivity contribution >= 4 is 40.2 Å². The maximum atomic E-state index is 13.2. The number of hydrogen-bond donors (Lipinski definition) is 2. The highest BCUT2D eigenvalue weighted by atomic mass is 32.2. The van der Waals surface area contributed by atoms with Gasteiger partial charge in [-0.1, -0.05) is 48.5 Å². The Kier molecular flexibility index (Phi) is 7.45. The predicted octanol–water partition coefficient (Wildman–Crippen LogP) is 5.82. The second kappa shape index (κ2) is 10.7. The third kappa shape index (κ3) is 6.05. The normalized spacial score (nSPS) is 11.4. The van der Waals surface area contributed by atoms with Gasteiger partial charge in [0.2, 0.25) is 5.91 Å². The Balaban J connectivity index is 1.40. The molecule has 5 nitrogen and oxygen atoms in total. The lowest BCUT2D eigenvalue weighted by atomic mass is 10.1. The molecule has 3 aromatic carbocycles. The van der Waals surface area contributed by atoms with Crippen molar-refractivity contribution in [1.29, 1.82) is 0 Å². The molecule has 180 valence electrons. The minimum atomic E-state index is -4.56. The molecule has 0 radical (unpaired) electrons. The topological polar surface area (TPSA) is 63.1 Å². The average Bonchev–Trinajstić information content (AvgIpc) is 3.20. The van der Waals surface area contributed by atoms with Crippen LogP contribution in [0, 0.1) is 0 Å². The van der Waals surface area contributed by atoms with Crippen LogP contribution >= 0.6 is 11.8 Å². The van der Waals surface area contributed by atoms with Crippen molar-refractivity contribution in [3.63, 3.8) is 0 Å². The first-order valence-corrected chi connectivity index (χ1v) is 11.8. The average molecular weight is 498 g/mol. The number of fused-ring (bicyclic) bond motifs is 1. The molecule has 0 saturated carbocycles. The van der Waals surface area contributed by atoms with Crippen molar-refractivity contribution < 1.29 is 22.8 Å². The van der Waals surface area contributed by atoms with Crippen LogP contribution in [0.5, 0.6) is 0 Å². The summed E-state index contributed by atoms with van der Waals surface area (Å²) in [6, 6.07) is 21.5. The fourth-order valence-corrected chi connectivity index (χ4v) is 4.55. The van der Waals surface area contributed by atoms with Crippen LogP contribution in [0.4, 0.5) is 18.9 Å². The zero-order valence-corrected chi connectivity index (χ0v) is 19.3. The summed E-state index contributed by atoms with van der Waals surface area (Å²) in [5, 5.41) is 6.19. The van der Waals surface area contributed by atoms with E-state index in [0.717, 1.165) is 21.9 Å². The Morgan fingerprint density at radius 2 is 1.57 bits per heavy atom. The molecule has 0 saturated heterocycles. The Labute approximate surface area is 204 Å². The minimum Gasteiger partial charge on any atom is -0.350 e. The highest BCUT2D eigenvalue weighted by molar-refractivity contribution is 8.00. The molecule has 0 aliphatic heterocycles. The van der Waals surface area contributed by atoms with E-state index in [-0.39, 0.29) is 17.3 Å². The molecule has 0 fully saturated rings. The van der Waals surface area contributed by atoms with Crippen LogP contribution in [0.2, 0.25) is 0 Å². The number of hydrogen-bond acceptors (Lipinski definition) is 3. The fourth-order valence-electron chi connectivity index (χ4n) is 3.66. The van der Waals surface area contributed by atoms with Crippen molar-refractivity contribution in [2.75, 3.05) is 17.6 Å². The summed E-state index contributed by atoms with van der Waals surface area (Å²) in [4.78, 5) is 25.5. The van der Waals surface area contributed by atoms with Crippen molar-refractivity contribution in [3.05, 3.63) is 96.2 Å². The van der Waals surface area contributed by atoms with E-state index in [1.807, 2.05) is 41.1 Å². The van der Waals surface area contributed by atoms with Crippen LogP contribution in [0.3, 0.4) is 0 Å². The molecule has 0 aliphatic rings. The van der Waals surface area contributed by atoms with Gasteiger partial charge in [0.05, 0.1) is 17.0 Å². The molecule has 2 amide bonds. The van der Waals surface area contributed by atoms with Gasteiger partial charge in [0.15, 0.2) is 0 Å². The molecule has 0 aliphatic carbocycles. The maximum Gasteiger partial charge on any atom is 0.418 e. The van der Waals surface area contributed by atoms with Crippen molar-refractivity contribution in [2.24, 2.45) is 0 Å². The van der Waals surface area contributed by atoms with Crippen molar-refractivity contribution in [3.8, 4) is 0 Å². The van der Waals surface area contributed by atoms with Gasteiger partial charge in [-0.25, -0.2) is 0 Å². The monoisotopic (exact) mass is 497 g/mol. The molecular weight excluding hydrogens is 475 g/mol. The van der Waals surface area contributed by atoms with Crippen LogP contribution in [0.15, 0.2) is 90.0 Å². The zero-order valence-electron chi connectivity index (χ0n) is 18.5. The summed E-state index contributed by atoms with van der Waals surface area (Å²) in [5.74, 6) is -0.739. The molecule has 0 unspecified atom stereocenters. The summed E-state index contributed by atoms with van der Waals surface area (Å²) in [5.41, 5.74) is 0.376. The molecule has 2 N–H and O–H groups in total. The molecule has 0 bridgehead atoms. The minimum absolute atomic E-state index is 0.0507. The second-order valence-electron chi connectivity index (χ2n) is 7.71. The number of aromatic nitrogens is 1. The van der Waals surface area contributed by atoms with Gasteiger partial charge < -0.3 is 15.2 Å². The summed E-state index contributed by atoms with van der Waals surface area (Å²) in [6.45, 7) is 0.927. The lowest BCUT2D eigenvalue weighted by molar-refractivity contribution is -0.137. The first kappa shape index (κ1) is 24.4. The van der Waals surface area contributed by atoms with Crippen LogP contribution in [-0.2, 0) is 17.5 Å². The van der Waals surface area contributed by atoms with Gasteiger partial charge in [-0.2, -0.15) is 13.2 Å². The number of nitrogens with one attached hydrogen (secondary N) is 2. The van der Waals surface area contributed by atoms with Crippen molar-refractivity contribution in [1.82, 2.24) is 9.88 Å². The largest absolute Gasteiger partial charge is 0.418 e. The maximum absolute atomic E-state index is 13.2. The first-order valence-electron chi connectivity index (χ1n) is 10.8. The SMILES string of the molecule is O=C(CSc1cn(CCNC(=O)c2ccccc2)c2ccccc12)Nc1ccccc1C(F)(F)F. The number of rotatable bonds is 8. The summed E-state index contributed by atoms with van der Waals surface area (Å²) in [7, 11) is 0. The van der Waals surface area contributed by atoms with Gasteiger partial charge in [0.25, 0.3) is 5.91 Å². The van der Waals surface area contributed by atoms with E-state index >= 15 is 0 Å². The summed E-state index contributed by atoms with van der Waals surface area (Å²) in [6.07, 6.45) is -2.67. The van der Waals surface area contributed by atoms with Crippen LogP contribution in [-0.4, -0.2) is 28.7 Å². The van der Waals surface area contributed by atoms with Crippen LogP contribution in [0.1, 0.15) is 15.9 Å². The summed E-state index contributed by atoms with van der Waals surface area (Å²) >= 11 is 1.25. The van der Waals surface area contributed by atoms with E-state index in [4.69, 9.17) is 0 Å². The molecular formula is C26H22F3N3O2S. The molecule has 35 heavy (non-hydrogen) atoms. The van der Waals surface area contributed by atoms with E-state index in [1.54, 1.807) is 24.3 Å². The Morgan fingerprint density at radius 3 is 2.34 bits per heavy atom. The fraction of sp³-hybridized carbons (Fsp3) is 0.154. The number of carbonyl (C=O) groups excluding carboxylic acids is 2. The number of nitrogens with zero attached hydrogens (tertiary/aromatic N) is 1. The standard InChI is InChI=1S/C26H22F3N3O2S/c27-26(28,29)20-11-5-6-12-21(20)31-24(33)17-35-23-16-32(22-13-7-4-10-19(22)23)15-14-30-25(34)18-8-2-1-3-9-18/h1-13,16H,14-15,17H2,(H,30,34)(H,31,33). The number of alkyl halides is 3. The Hall–Kier alpha value is -3.72. The van der Waals surface area contributed by atoms with Crippen LogP contribution in [0.25, 0.3) is 10.9 Å². The molecule has 4 rings (SSSR count). The van der Waals surface area contributed by atoms with E-state index in [1.165, 1.54) is 30.0 Å². The highest BCUT2D eigenvalue weighted by Crippen LogP contribution is 2.35. The first-order chi connectivity index (χ1) is 16.8. The number of para-hydroxylation sites is 2. The lowest BCUT2D eigenvalue weighted by Gasteiger charge is -2.13. The van der Waals surface area contributed by atoms with E-state index in [9.17, 15) is 22.8 Å². The van der Waals surface area contributed by atoms with E-state index in [2.05, 4.69) is 10.6 Å². The van der Waals surface area contributed by atoms with Gasteiger partial charge in [0.1, 0.15) is 0 Å². The molecule has 1 heterocycles. The Morgan fingerprint density at radius 1 is 0.886 bits per heavy atom. The number of halogens is 3. The highest BCUT2D eigenvalue weighted by Gasteiger charge is 2.33. The number of thioether (sulfide) groups is 1. The van der Waals surface area contributed by atoms with Crippen LogP contribution < -0.4 is 10.6 Å². The third-order valence-corrected chi connectivity index (χ3v) is 6.33. The Bertz CT molecular complexity index is 1340. The smallest absolute Gasteiger partial charge is 0.350 e. The van der Waals surface area contributed by atoms with Gasteiger partial charge >= 0.3 is 6.18 Å². The lowest BCUT2D eigenvalue weighted by Crippen LogP contribution is -2.26. The van der Waals surface area contributed by atoms with E-state index < -0.39 is 17.6 Å². The number of carbonyl (C=O) groups is 2. The van der Waals surface area contributed by atoms with Gasteiger partial charge in [-0.15, -0.1) is 11.8 Å². The number of amides is 2. The molecule has 0 spiro atoms. The van der Waals surface area contributed by atoms with Gasteiger partial charge in [0, 0.05) is 40.6 Å². The van der Waals surface area contributed by atoms with E-state index in [0.29, 0.717) is 18.7 Å². The van der Waals surface area contributed by atoms with Gasteiger partial charge in [-0.05, 0) is 30.3 Å². The number of anilines is 1. The third-order valence-electron chi connectivity index (χ3n) is 5.29. The van der Waals surface area contributed by atoms with Gasteiger partial charge in [-0.3, -0.25) is 9.59 Å². The molecule has 1 aromatic heterocycles. The predicted molar refractivity (Wildman–Crippen MR) is 132 cm³/mol. The quantitative estimate of drug-likeness (QED) is 0.302.